The highest BCUT2D eigenvalue weighted by Gasteiger charge is 2.30. The van der Waals surface area contributed by atoms with Crippen LogP contribution < -0.4 is 4.31 Å². The number of aromatic nitrogens is 1. The van der Waals surface area contributed by atoms with E-state index in [0.29, 0.717) is 17.8 Å². The molecule has 0 N–H and O–H groups in total. The van der Waals surface area contributed by atoms with Gasteiger partial charge in [-0.1, -0.05) is 13.8 Å². The van der Waals surface area contributed by atoms with Crippen molar-refractivity contribution in [2.75, 3.05) is 10.8 Å². The first-order valence-corrected chi connectivity index (χ1v) is 9.99. The third-order valence-electron chi connectivity index (χ3n) is 4.58. The Morgan fingerprint density at radius 3 is 2.52 bits per heavy atom. The fourth-order valence-electron chi connectivity index (χ4n) is 3.22. The summed E-state index contributed by atoms with van der Waals surface area (Å²) in [5.41, 5.74) is 4.16. The minimum atomic E-state index is -3.66. The van der Waals surface area contributed by atoms with Gasteiger partial charge in [-0.05, 0) is 61.6 Å². The maximum atomic E-state index is 13.1. The highest BCUT2D eigenvalue weighted by Crippen LogP contribution is 2.33. The molecule has 1 aromatic heterocycles. The van der Waals surface area contributed by atoms with Gasteiger partial charge in [-0.15, -0.1) is 0 Å². The maximum Gasteiger partial charge on any atom is 0.264 e. The number of aryl methyl sites for hydroxylation is 3. The van der Waals surface area contributed by atoms with Crippen molar-refractivity contribution in [2.24, 2.45) is 0 Å². The molecule has 0 amide bonds. The second kappa shape index (κ2) is 6.85. The summed E-state index contributed by atoms with van der Waals surface area (Å²) in [6, 6.07) is 10.1. The Hall–Kier alpha value is -2.39. The molecule has 0 aliphatic carbocycles. The molecule has 0 radical (unpaired) electrons. The number of hydrogen-bond acceptors (Lipinski definition) is 4. The van der Waals surface area contributed by atoms with Gasteiger partial charge in [-0.25, -0.2) is 8.42 Å². The average Bonchev–Trinajstić information content (AvgIpc) is 2.66. The summed E-state index contributed by atoms with van der Waals surface area (Å²) in [7, 11) is -3.66. The smallest absolute Gasteiger partial charge is 0.264 e. The van der Waals surface area contributed by atoms with Gasteiger partial charge in [0, 0.05) is 12.2 Å². The number of anilines is 1. The molecule has 3 rings (SSSR count). The van der Waals surface area contributed by atoms with Gasteiger partial charge in [0.2, 0.25) is 0 Å². The molecule has 0 unspecified atom stereocenters. The predicted octanol–water partition coefficient (Wildman–Crippen LogP) is 3.22. The first kappa shape index (κ1) is 17.4. The fraction of sp³-hybridized carbons (Fsp3) is 0.368. The summed E-state index contributed by atoms with van der Waals surface area (Å²) in [5.74, 6) is 0. The van der Waals surface area contributed by atoms with Gasteiger partial charge in [0.1, 0.15) is 0 Å². The van der Waals surface area contributed by atoms with E-state index >= 15 is 0 Å². The number of rotatable bonds is 4. The Kier molecular flexibility index (Phi) is 4.78. The SMILES string of the molecule is CCc1cc2c(nc1CC)CCCN2S(=O)(=O)c1ccc(C#N)cc1. The molecule has 2 heterocycles. The number of nitriles is 1. The highest BCUT2D eigenvalue weighted by molar-refractivity contribution is 7.92. The van der Waals surface area contributed by atoms with E-state index in [1.54, 1.807) is 0 Å². The largest absolute Gasteiger partial charge is 0.264 e. The average molecular weight is 355 g/mol. The Labute approximate surface area is 149 Å². The number of hydrogen-bond donors (Lipinski definition) is 0. The molecule has 1 aromatic carbocycles. The second-order valence-corrected chi connectivity index (χ2v) is 7.95. The van der Waals surface area contributed by atoms with E-state index < -0.39 is 10.0 Å². The summed E-state index contributed by atoms with van der Waals surface area (Å²) >= 11 is 0. The lowest BCUT2D eigenvalue weighted by atomic mass is 10.0. The van der Waals surface area contributed by atoms with Gasteiger partial charge < -0.3 is 0 Å². The molecule has 0 saturated heterocycles. The summed E-state index contributed by atoms with van der Waals surface area (Å²) in [6.07, 6.45) is 3.23. The quantitative estimate of drug-likeness (QED) is 0.844. The van der Waals surface area contributed by atoms with Crippen molar-refractivity contribution in [1.29, 1.82) is 5.26 Å². The standard InChI is InChI=1S/C19H21N3O2S/c1-3-15-12-19-18(21-17(15)4-2)6-5-11-22(19)25(23,24)16-9-7-14(13-20)8-10-16/h7-10,12H,3-6,11H2,1-2H3. The molecule has 2 aromatic rings. The summed E-state index contributed by atoms with van der Waals surface area (Å²) in [6.45, 7) is 4.58. The Morgan fingerprint density at radius 1 is 1.20 bits per heavy atom. The Balaban J connectivity index is 2.08. The number of sulfonamides is 1. The zero-order valence-corrected chi connectivity index (χ0v) is 15.3. The summed E-state index contributed by atoms with van der Waals surface area (Å²) in [4.78, 5) is 4.94. The fourth-order valence-corrected chi connectivity index (χ4v) is 4.75. The van der Waals surface area contributed by atoms with Gasteiger partial charge >= 0.3 is 0 Å². The molecular weight excluding hydrogens is 334 g/mol. The van der Waals surface area contributed by atoms with E-state index in [1.807, 2.05) is 12.1 Å². The third kappa shape index (κ3) is 3.12. The Morgan fingerprint density at radius 2 is 1.92 bits per heavy atom. The second-order valence-electron chi connectivity index (χ2n) is 6.08. The Bertz CT molecular complexity index is 928. The first-order valence-electron chi connectivity index (χ1n) is 8.55. The van der Waals surface area contributed by atoms with Crippen molar-refractivity contribution in [3.63, 3.8) is 0 Å². The van der Waals surface area contributed by atoms with Gasteiger partial charge in [0.15, 0.2) is 0 Å². The molecule has 5 nitrogen and oxygen atoms in total. The van der Waals surface area contributed by atoms with Crippen molar-refractivity contribution in [2.45, 2.75) is 44.4 Å². The molecule has 1 aliphatic rings. The highest BCUT2D eigenvalue weighted by atomic mass is 32.2. The summed E-state index contributed by atoms with van der Waals surface area (Å²) < 4.78 is 27.7. The van der Waals surface area contributed by atoms with Crippen LogP contribution in [0.4, 0.5) is 5.69 Å². The van der Waals surface area contributed by atoms with Crippen LogP contribution in [0, 0.1) is 11.3 Å². The molecule has 0 bridgehead atoms. The lowest BCUT2D eigenvalue weighted by Crippen LogP contribution is -2.36. The van der Waals surface area contributed by atoms with E-state index in [2.05, 4.69) is 13.8 Å². The molecule has 6 heteroatoms. The monoisotopic (exact) mass is 355 g/mol. The lowest BCUT2D eigenvalue weighted by Gasteiger charge is -2.31. The number of nitrogens with zero attached hydrogens (tertiary/aromatic N) is 3. The van der Waals surface area contributed by atoms with Crippen LogP contribution in [0.15, 0.2) is 35.2 Å². The van der Waals surface area contributed by atoms with Crippen LogP contribution in [0.1, 0.15) is 42.8 Å². The predicted molar refractivity (Wildman–Crippen MR) is 97.0 cm³/mol. The van der Waals surface area contributed by atoms with Crippen LogP contribution in [0.25, 0.3) is 0 Å². The third-order valence-corrected chi connectivity index (χ3v) is 6.41. The molecule has 0 atom stereocenters. The van der Waals surface area contributed by atoms with Crippen LogP contribution in [0.5, 0.6) is 0 Å². The maximum absolute atomic E-state index is 13.1. The molecule has 0 fully saturated rings. The van der Waals surface area contributed by atoms with Gasteiger partial charge in [0.25, 0.3) is 10.0 Å². The topological polar surface area (TPSA) is 74.1 Å². The van der Waals surface area contributed by atoms with Gasteiger partial charge in [-0.2, -0.15) is 5.26 Å². The van der Waals surface area contributed by atoms with Crippen molar-refractivity contribution < 1.29 is 8.42 Å². The van der Waals surface area contributed by atoms with Crippen LogP contribution in [-0.4, -0.2) is 19.9 Å². The van der Waals surface area contributed by atoms with Crippen molar-refractivity contribution in [1.82, 2.24) is 4.98 Å². The molecule has 0 spiro atoms. The van der Waals surface area contributed by atoms with Crippen molar-refractivity contribution in [3.05, 3.63) is 52.8 Å². The molecule has 1 aliphatic heterocycles. The van der Waals surface area contributed by atoms with E-state index in [0.717, 1.165) is 42.6 Å². The van der Waals surface area contributed by atoms with E-state index in [4.69, 9.17) is 10.2 Å². The summed E-state index contributed by atoms with van der Waals surface area (Å²) in [5, 5.41) is 8.90. The van der Waals surface area contributed by atoms with E-state index in [-0.39, 0.29) is 4.90 Å². The lowest BCUT2D eigenvalue weighted by molar-refractivity contribution is 0.585. The van der Waals surface area contributed by atoms with Crippen molar-refractivity contribution >= 4 is 15.7 Å². The zero-order chi connectivity index (χ0) is 18.0. The van der Waals surface area contributed by atoms with Gasteiger partial charge in [0.05, 0.1) is 27.9 Å². The molecule has 0 saturated carbocycles. The van der Waals surface area contributed by atoms with Crippen LogP contribution in [0.2, 0.25) is 0 Å². The minimum absolute atomic E-state index is 0.206. The van der Waals surface area contributed by atoms with Crippen molar-refractivity contribution in [3.8, 4) is 6.07 Å². The first-order chi connectivity index (χ1) is 12.0. The van der Waals surface area contributed by atoms with Gasteiger partial charge in [-0.3, -0.25) is 9.29 Å². The normalized spacial score (nSPS) is 14.0. The van der Waals surface area contributed by atoms with E-state index in [9.17, 15) is 8.42 Å². The minimum Gasteiger partial charge on any atom is -0.264 e. The zero-order valence-electron chi connectivity index (χ0n) is 14.5. The number of benzene rings is 1. The van der Waals surface area contributed by atoms with Crippen LogP contribution >= 0.6 is 0 Å². The molecular formula is C19H21N3O2S. The number of fused-ring (bicyclic) bond motifs is 1. The van der Waals surface area contributed by atoms with Crippen LogP contribution in [0.3, 0.4) is 0 Å². The van der Waals surface area contributed by atoms with E-state index in [1.165, 1.54) is 28.6 Å². The number of pyridine rings is 1. The molecule has 25 heavy (non-hydrogen) atoms. The van der Waals surface area contributed by atoms with Crippen LogP contribution in [-0.2, 0) is 29.3 Å². The molecule has 130 valence electrons.